The predicted molar refractivity (Wildman–Crippen MR) is 76.5 cm³/mol. The van der Waals surface area contributed by atoms with E-state index in [-0.39, 0.29) is 5.92 Å². The van der Waals surface area contributed by atoms with E-state index in [0.29, 0.717) is 0 Å². The highest BCUT2D eigenvalue weighted by molar-refractivity contribution is 5.42. The van der Waals surface area contributed by atoms with Gasteiger partial charge in [0.25, 0.3) is 0 Å². The van der Waals surface area contributed by atoms with Crippen molar-refractivity contribution in [3.8, 4) is 0 Å². The van der Waals surface area contributed by atoms with E-state index in [2.05, 4.69) is 32.4 Å². The number of anilines is 1. The molecule has 2 heterocycles. The highest BCUT2D eigenvalue weighted by atomic mass is 15.7. The van der Waals surface area contributed by atoms with Gasteiger partial charge in [-0.1, -0.05) is 41.6 Å². The molecule has 2 N–H and O–H groups in total. The fourth-order valence-electron chi connectivity index (χ4n) is 2.05. The molecule has 0 saturated carbocycles. The third kappa shape index (κ3) is 2.31. The van der Waals surface area contributed by atoms with Crippen molar-refractivity contribution >= 4 is 5.82 Å². The number of allylic oxidation sites excluding steroid dienone is 1. The highest BCUT2D eigenvalue weighted by Crippen LogP contribution is 2.28. The normalized spacial score (nSPS) is 15.4. The second-order valence-electron chi connectivity index (χ2n) is 4.28. The van der Waals surface area contributed by atoms with Gasteiger partial charge in [0, 0.05) is 5.92 Å². The zero-order chi connectivity index (χ0) is 13.8. The molecule has 1 aromatic heterocycles. The summed E-state index contributed by atoms with van der Waals surface area (Å²) in [6.07, 6.45) is 7.04. The number of benzene rings is 1. The molecule has 1 atom stereocenters. The van der Waals surface area contributed by atoms with Crippen LogP contribution in [0.25, 0.3) is 0 Å². The largest absolute Gasteiger partial charge is 0.330 e. The molecule has 1 aliphatic rings. The van der Waals surface area contributed by atoms with E-state index in [1.54, 1.807) is 17.5 Å². The van der Waals surface area contributed by atoms with Crippen LogP contribution < -0.4 is 10.5 Å². The lowest BCUT2D eigenvalue weighted by Gasteiger charge is -2.23. The molecule has 1 unspecified atom stereocenters. The Balaban J connectivity index is 1.91. The van der Waals surface area contributed by atoms with E-state index < -0.39 is 0 Å². The lowest BCUT2D eigenvalue weighted by atomic mass is 9.96. The molecule has 0 saturated heterocycles. The average molecular weight is 266 g/mol. The van der Waals surface area contributed by atoms with Gasteiger partial charge in [-0.15, -0.1) is 11.7 Å². The third-order valence-corrected chi connectivity index (χ3v) is 3.04. The topological polar surface area (TPSA) is 68.7 Å². The van der Waals surface area contributed by atoms with Gasteiger partial charge in [-0.25, -0.2) is 9.99 Å². The second-order valence-corrected chi connectivity index (χ2v) is 4.28. The van der Waals surface area contributed by atoms with Crippen LogP contribution in [0.1, 0.15) is 11.5 Å². The van der Waals surface area contributed by atoms with Crippen molar-refractivity contribution in [2.45, 2.75) is 5.92 Å². The molecule has 100 valence electrons. The Bertz CT molecular complexity index is 629. The lowest BCUT2D eigenvalue weighted by molar-refractivity contribution is 0.647. The molecule has 20 heavy (non-hydrogen) atoms. The predicted octanol–water partition coefficient (Wildman–Crippen LogP) is 2.91. The molecule has 1 aliphatic heterocycles. The SMILES string of the molecule is C=CC(C1=CN(c2cnc[nH]2)NN=N1)c1ccccc1. The van der Waals surface area contributed by atoms with Gasteiger partial charge in [0.15, 0.2) is 5.82 Å². The minimum atomic E-state index is -0.00697. The number of H-pyrrole nitrogens is 1. The summed E-state index contributed by atoms with van der Waals surface area (Å²) in [6.45, 7) is 3.90. The van der Waals surface area contributed by atoms with E-state index in [4.69, 9.17) is 0 Å². The fourth-order valence-corrected chi connectivity index (χ4v) is 2.05. The van der Waals surface area contributed by atoms with Crippen molar-refractivity contribution in [1.29, 1.82) is 0 Å². The summed E-state index contributed by atoms with van der Waals surface area (Å²) in [7, 11) is 0. The molecule has 0 fully saturated rings. The average Bonchev–Trinajstić information content (AvgIpc) is 3.04. The Labute approximate surface area is 116 Å². The van der Waals surface area contributed by atoms with Crippen molar-refractivity contribution < 1.29 is 0 Å². The van der Waals surface area contributed by atoms with Crippen LogP contribution in [0.4, 0.5) is 5.82 Å². The van der Waals surface area contributed by atoms with Crippen LogP contribution in [0.2, 0.25) is 0 Å². The van der Waals surface area contributed by atoms with Gasteiger partial charge in [-0.2, -0.15) is 5.53 Å². The molecule has 3 rings (SSSR count). The smallest absolute Gasteiger partial charge is 0.150 e. The number of nitrogens with one attached hydrogen (secondary N) is 2. The van der Waals surface area contributed by atoms with Crippen LogP contribution in [-0.4, -0.2) is 9.97 Å². The second kappa shape index (κ2) is 5.40. The van der Waals surface area contributed by atoms with Crippen LogP contribution in [0.3, 0.4) is 0 Å². The minimum absolute atomic E-state index is 0.00697. The molecule has 6 heteroatoms. The van der Waals surface area contributed by atoms with E-state index in [0.717, 1.165) is 17.1 Å². The molecule has 0 aliphatic carbocycles. The molecule has 0 radical (unpaired) electrons. The van der Waals surface area contributed by atoms with Gasteiger partial charge < -0.3 is 4.98 Å². The molecular formula is C14H14N6. The summed E-state index contributed by atoms with van der Waals surface area (Å²) in [5, 5.41) is 9.82. The first-order chi connectivity index (χ1) is 9.88. The Morgan fingerprint density at radius 2 is 2.10 bits per heavy atom. The number of hydrazine groups is 1. The maximum atomic E-state index is 4.16. The van der Waals surface area contributed by atoms with Crippen molar-refractivity contribution in [1.82, 2.24) is 15.5 Å². The highest BCUT2D eigenvalue weighted by Gasteiger charge is 2.18. The van der Waals surface area contributed by atoms with Gasteiger partial charge in [0.05, 0.1) is 24.4 Å². The molecule has 6 nitrogen and oxygen atoms in total. The number of rotatable bonds is 4. The van der Waals surface area contributed by atoms with Crippen LogP contribution in [0.5, 0.6) is 0 Å². The summed E-state index contributed by atoms with van der Waals surface area (Å²) in [4.78, 5) is 6.99. The Hall–Kier alpha value is -2.89. The molecule has 0 spiro atoms. The van der Waals surface area contributed by atoms with Crippen molar-refractivity contribution in [2.24, 2.45) is 10.3 Å². The van der Waals surface area contributed by atoms with Gasteiger partial charge in [0.1, 0.15) is 0 Å². The number of hydrogen-bond acceptors (Lipinski definition) is 5. The molecule has 2 aromatic rings. The first-order valence-corrected chi connectivity index (χ1v) is 6.21. The van der Waals surface area contributed by atoms with E-state index >= 15 is 0 Å². The Morgan fingerprint density at radius 3 is 2.80 bits per heavy atom. The first-order valence-electron chi connectivity index (χ1n) is 6.21. The van der Waals surface area contributed by atoms with Crippen molar-refractivity contribution in [3.63, 3.8) is 0 Å². The quantitative estimate of drug-likeness (QED) is 0.836. The monoisotopic (exact) mass is 266 g/mol. The Morgan fingerprint density at radius 1 is 1.25 bits per heavy atom. The number of aromatic amines is 1. The summed E-state index contributed by atoms with van der Waals surface area (Å²) in [5.41, 5.74) is 4.72. The summed E-state index contributed by atoms with van der Waals surface area (Å²) >= 11 is 0. The van der Waals surface area contributed by atoms with E-state index in [9.17, 15) is 0 Å². The molecule has 1 aromatic carbocycles. The maximum absolute atomic E-state index is 4.16. The van der Waals surface area contributed by atoms with Gasteiger partial charge >= 0.3 is 0 Å². The van der Waals surface area contributed by atoms with Crippen LogP contribution in [0, 0.1) is 0 Å². The van der Waals surface area contributed by atoms with Gasteiger partial charge in [-0.3, -0.25) is 0 Å². The van der Waals surface area contributed by atoms with Crippen LogP contribution in [-0.2, 0) is 0 Å². The summed E-state index contributed by atoms with van der Waals surface area (Å²) in [6, 6.07) is 10.1. The minimum Gasteiger partial charge on any atom is -0.330 e. The standard InChI is InChI=1S/C14H14N6/c1-2-12(11-6-4-3-5-7-11)13-9-20(19-18-17-13)14-8-15-10-16-14/h2-10,12H,1H2,(H,15,16)(H,17,19). The number of aromatic nitrogens is 2. The molecule has 0 bridgehead atoms. The Kier molecular flexibility index (Phi) is 3.28. The van der Waals surface area contributed by atoms with Crippen LogP contribution >= 0.6 is 0 Å². The number of hydrogen-bond donors (Lipinski definition) is 2. The van der Waals surface area contributed by atoms with Gasteiger partial charge in [-0.05, 0) is 5.56 Å². The van der Waals surface area contributed by atoms with Crippen molar-refractivity contribution in [3.05, 3.63) is 73.0 Å². The number of imidazole rings is 1. The zero-order valence-corrected chi connectivity index (χ0v) is 10.8. The third-order valence-electron chi connectivity index (χ3n) is 3.04. The zero-order valence-electron chi connectivity index (χ0n) is 10.8. The summed E-state index contributed by atoms with van der Waals surface area (Å²) in [5.74, 6) is 0.782. The maximum Gasteiger partial charge on any atom is 0.150 e. The van der Waals surface area contributed by atoms with Gasteiger partial charge in [0.2, 0.25) is 0 Å². The first kappa shape index (κ1) is 12.2. The van der Waals surface area contributed by atoms with Crippen LogP contribution in [0.15, 0.2) is 77.7 Å². The molecular weight excluding hydrogens is 252 g/mol. The summed E-state index contributed by atoms with van der Waals surface area (Å²) < 4.78 is 0. The van der Waals surface area contributed by atoms with E-state index in [1.165, 1.54) is 0 Å². The number of nitrogens with zero attached hydrogens (tertiary/aromatic N) is 4. The lowest BCUT2D eigenvalue weighted by Crippen LogP contribution is -2.31. The fraction of sp³-hybridized carbons (Fsp3) is 0.0714. The van der Waals surface area contributed by atoms with E-state index in [1.807, 2.05) is 42.6 Å². The molecule has 0 amide bonds. The van der Waals surface area contributed by atoms with Crippen molar-refractivity contribution in [2.75, 3.05) is 5.01 Å².